The first-order valence-corrected chi connectivity index (χ1v) is 13.7. The Bertz CT molecular complexity index is 1310. The SMILES string of the molecule is Cc1ccc(S(=O)(=O)N2CCN(CCO[C@@H](c3ccccc3)c3cccc(C(F)(F)F)c3)CC2)cc1Cl. The molecule has 0 N–H and O–H groups in total. The average molecular weight is 553 g/mol. The van der Waals surface area contributed by atoms with Gasteiger partial charge in [-0.2, -0.15) is 17.5 Å². The van der Waals surface area contributed by atoms with Crippen molar-refractivity contribution in [1.29, 1.82) is 0 Å². The predicted molar refractivity (Wildman–Crippen MR) is 137 cm³/mol. The molecule has 1 aliphatic rings. The lowest BCUT2D eigenvalue weighted by molar-refractivity contribution is -0.137. The van der Waals surface area contributed by atoms with Gasteiger partial charge in [0.1, 0.15) is 6.10 Å². The van der Waals surface area contributed by atoms with Crippen molar-refractivity contribution in [2.75, 3.05) is 39.3 Å². The largest absolute Gasteiger partial charge is 0.416 e. The van der Waals surface area contributed by atoms with Gasteiger partial charge in [-0.3, -0.25) is 4.90 Å². The minimum absolute atomic E-state index is 0.173. The number of halogens is 4. The molecule has 198 valence electrons. The van der Waals surface area contributed by atoms with Gasteiger partial charge in [0.05, 0.1) is 17.1 Å². The maximum Gasteiger partial charge on any atom is 0.416 e. The maximum atomic E-state index is 13.3. The summed E-state index contributed by atoms with van der Waals surface area (Å²) in [4.78, 5) is 2.26. The smallest absolute Gasteiger partial charge is 0.367 e. The standard InChI is InChI=1S/C27H28ClF3N2O3S/c1-20-10-11-24(19-25(20)28)37(34,35)33-14-12-32(13-15-33)16-17-36-26(21-6-3-2-4-7-21)22-8-5-9-23(18-22)27(29,30)31/h2-11,18-19,26H,12-17H2,1H3/t26-/m0/s1. The van der Waals surface area contributed by atoms with Gasteiger partial charge in [0.2, 0.25) is 10.0 Å². The summed E-state index contributed by atoms with van der Waals surface area (Å²) in [5.74, 6) is 0. The molecule has 37 heavy (non-hydrogen) atoms. The van der Waals surface area contributed by atoms with Crippen LogP contribution in [0.5, 0.6) is 0 Å². The van der Waals surface area contributed by atoms with Gasteiger partial charge < -0.3 is 4.74 Å². The summed E-state index contributed by atoms with van der Waals surface area (Å²) in [5.41, 5.74) is 1.27. The summed E-state index contributed by atoms with van der Waals surface area (Å²) < 4.78 is 73.5. The van der Waals surface area contributed by atoms with Crippen LogP contribution in [0.4, 0.5) is 13.2 Å². The van der Waals surface area contributed by atoms with E-state index in [1.807, 2.05) is 37.3 Å². The Labute approximate surface area is 220 Å². The molecule has 10 heteroatoms. The third-order valence-corrected chi connectivity index (χ3v) is 8.73. The van der Waals surface area contributed by atoms with E-state index in [0.29, 0.717) is 43.3 Å². The monoisotopic (exact) mass is 552 g/mol. The lowest BCUT2D eigenvalue weighted by Crippen LogP contribution is -2.49. The number of aryl methyl sites for hydroxylation is 1. The Morgan fingerprint density at radius 2 is 1.59 bits per heavy atom. The van der Waals surface area contributed by atoms with Crippen molar-refractivity contribution in [3.8, 4) is 0 Å². The number of hydrogen-bond acceptors (Lipinski definition) is 4. The molecule has 3 aromatic rings. The van der Waals surface area contributed by atoms with Crippen LogP contribution in [-0.4, -0.2) is 57.0 Å². The van der Waals surface area contributed by atoms with Crippen LogP contribution in [0.2, 0.25) is 5.02 Å². The van der Waals surface area contributed by atoms with E-state index in [9.17, 15) is 21.6 Å². The fraction of sp³-hybridized carbons (Fsp3) is 0.333. The minimum Gasteiger partial charge on any atom is -0.367 e. The van der Waals surface area contributed by atoms with Crippen molar-refractivity contribution < 1.29 is 26.3 Å². The molecule has 0 aromatic heterocycles. The highest BCUT2D eigenvalue weighted by Crippen LogP contribution is 2.33. The molecular weight excluding hydrogens is 525 g/mol. The number of benzene rings is 3. The third kappa shape index (κ3) is 6.72. The summed E-state index contributed by atoms with van der Waals surface area (Å²) >= 11 is 6.12. The van der Waals surface area contributed by atoms with E-state index in [4.69, 9.17) is 16.3 Å². The van der Waals surface area contributed by atoms with Gasteiger partial charge in [-0.15, -0.1) is 0 Å². The first-order chi connectivity index (χ1) is 17.6. The Hall–Kier alpha value is -2.43. The summed E-state index contributed by atoms with van der Waals surface area (Å²) in [5, 5.41) is 0.408. The van der Waals surface area contributed by atoms with E-state index in [0.717, 1.165) is 23.3 Å². The second-order valence-corrected chi connectivity index (χ2v) is 11.3. The molecule has 4 rings (SSSR count). The average Bonchev–Trinajstić information content (AvgIpc) is 2.88. The zero-order chi connectivity index (χ0) is 26.6. The first-order valence-electron chi connectivity index (χ1n) is 11.9. The predicted octanol–water partition coefficient (Wildman–Crippen LogP) is 5.78. The zero-order valence-electron chi connectivity index (χ0n) is 20.3. The van der Waals surface area contributed by atoms with Crippen LogP contribution in [0.1, 0.15) is 28.4 Å². The topological polar surface area (TPSA) is 49.9 Å². The lowest BCUT2D eigenvalue weighted by atomic mass is 9.99. The van der Waals surface area contributed by atoms with E-state index >= 15 is 0 Å². The molecular formula is C27H28ClF3N2O3S. The molecule has 1 fully saturated rings. The van der Waals surface area contributed by atoms with Gasteiger partial charge in [-0.25, -0.2) is 8.42 Å². The number of rotatable bonds is 8. The number of alkyl halides is 3. The van der Waals surface area contributed by atoms with Gasteiger partial charge in [-0.1, -0.05) is 60.1 Å². The molecule has 3 aromatic carbocycles. The highest BCUT2D eigenvalue weighted by molar-refractivity contribution is 7.89. The molecule has 5 nitrogen and oxygen atoms in total. The van der Waals surface area contributed by atoms with Gasteiger partial charge in [0.15, 0.2) is 0 Å². The van der Waals surface area contributed by atoms with Crippen LogP contribution < -0.4 is 0 Å². The Kier molecular flexibility index (Phi) is 8.60. The number of ether oxygens (including phenoxy) is 1. The van der Waals surface area contributed by atoms with Gasteiger partial charge >= 0.3 is 6.18 Å². The number of sulfonamides is 1. The van der Waals surface area contributed by atoms with Crippen LogP contribution in [0.3, 0.4) is 0 Å². The maximum absolute atomic E-state index is 13.3. The number of nitrogens with zero attached hydrogens (tertiary/aromatic N) is 2. The number of piperazine rings is 1. The Morgan fingerprint density at radius 1 is 0.919 bits per heavy atom. The second kappa shape index (κ2) is 11.5. The van der Waals surface area contributed by atoms with Crippen molar-refractivity contribution in [3.63, 3.8) is 0 Å². The molecule has 0 radical (unpaired) electrons. The zero-order valence-corrected chi connectivity index (χ0v) is 21.9. The highest BCUT2D eigenvalue weighted by Gasteiger charge is 2.32. The van der Waals surface area contributed by atoms with Gasteiger partial charge in [-0.05, 0) is 47.9 Å². The highest BCUT2D eigenvalue weighted by atomic mass is 35.5. The van der Waals surface area contributed by atoms with Crippen LogP contribution in [0, 0.1) is 6.92 Å². The van der Waals surface area contributed by atoms with E-state index in [2.05, 4.69) is 4.90 Å². The Morgan fingerprint density at radius 3 is 2.24 bits per heavy atom. The molecule has 0 aliphatic carbocycles. The fourth-order valence-corrected chi connectivity index (χ4v) is 5.96. The van der Waals surface area contributed by atoms with E-state index in [1.54, 1.807) is 18.2 Å². The van der Waals surface area contributed by atoms with Crippen LogP contribution in [-0.2, 0) is 20.9 Å². The second-order valence-electron chi connectivity index (χ2n) is 8.94. The van der Waals surface area contributed by atoms with Crippen molar-refractivity contribution in [1.82, 2.24) is 9.21 Å². The van der Waals surface area contributed by atoms with Crippen molar-refractivity contribution >= 4 is 21.6 Å². The summed E-state index contributed by atoms with van der Waals surface area (Å²) in [7, 11) is -3.65. The van der Waals surface area contributed by atoms with Crippen molar-refractivity contribution in [2.24, 2.45) is 0 Å². The Balaban J connectivity index is 1.38. The summed E-state index contributed by atoms with van der Waals surface area (Å²) in [6, 6.07) is 19.0. The molecule has 0 spiro atoms. The van der Waals surface area contributed by atoms with E-state index in [1.165, 1.54) is 16.4 Å². The fourth-order valence-electron chi connectivity index (χ4n) is 4.27. The van der Waals surface area contributed by atoms with Crippen molar-refractivity contribution in [3.05, 3.63) is 100 Å². The molecule has 0 unspecified atom stereocenters. The van der Waals surface area contributed by atoms with Gasteiger partial charge in [0.25, 0.3) is 0 Å². The van der Waals surface area contributed by atoms with Crippen LogP contribution >= 0.6 is 11.6 Å². The molecule has 1 aliphatic heterocycles. The molecule has 1 atom stereocenters. The summed E-state index contributed by atoms with van der Waals surface area (Å²) in [6.45, 7) is 4.29. The van der Waals surface area contributed by atoms with Crippen LogP contribution in [0.25, 0.3) is 0 Å². The van der Waals surface area contributed by atoms with E-state index in [-0.39, 0.29) is 11.5 Å². The molecule has 0 saturated carbocycles. The quantitative estimate of drug-likeness (QED) is 0.355. The van der Waals surface area contributed by atoms with Gasteiger partial charge in [0, 0.05) is 37.7 Å². The molecule has 0 amide bonds. The first kappa shape index (κ1) is 27.6. The minimum atomic E-state index is -4.44. The summed E-state index contributed by atoms with van der Waals surface area (Å²) in [6.07, 6.45) is -5.10. The normalized spacial score (nSPS) is 16.6. The third-order valence-electron chi connectivity index (χ3n) is 6.42. The molecule has 0 bridgehead atoms. The van der Waals surface area contributed by atoms with E-state index < -0.39 is 27.9 Å². The van der Waals surface area contributed by atoms with Crippen LogP contribution in [0.15, 0.2) is 77.7 Å². The van der Waals surface area contributed by atoms with Crippen molar-refractivity contribution in [2.45, 2.75) is 24.1 Å². The molecule has 1 saturated heterocycles. The molecule has 1 heterocycles. The number of hydrogen-bond donors (Lipinski definition) is 0. The lowest BCUT2D eigenvalue weighted by Gasteiger charge is -2.34.